The van der Waals surface area contributed by atoms with Crippen molar-refractivity contribution in [2.75, 3.05) is 19.5 Å². The molecule has 1 atom stereocenters. The Kier molecular flexibility index (Phi) is 7.69. The van der Waals surface area contributed by atoms with E-state index in [4.69, 9.17) is 24.3 Å². The highest BCUT2D eigenvalue weighted by Gasteiger charge is 2.38. The molecule has 5 rings (SSSR count). The monoisotopic (exact) mass is 520 g/mol. The summed E-state index contributed by atoms with van der Waals surface area (Å²) >= 11 is 1.55. The van der Waals surface area contributed by atoms with Gasteiger partial charge in [-0.1, -0.05) is 48.5 Å². The number of carbonyl (C=O) groups is 1. The Bertz CT molecular complexity index is 1280. The summed E-state index contributed by atoms with van der Waals surface area (Å²) in [5, 5.41) is 8.75. The summed E-state index contributed by atoms with van der Waals surface area (Å²) in [5.41, 5.74) is 3.17. The van der Waals surface area contributed by atoms with E-state index in [1.807, 2.05) is 43.3 Å². The zero-order valence-corrected chi connectivity index (χ0v) is 22.2. The number of carbonyl (C=O) groups excluding carboxylic acids is 1. The summed E-state index contributed by atoms with van der Waals surface area (Å²) in [6.07, 6.45) is 5.09. The molecule has 2 aliphatic rings. The van der Waals surface area contributed by atoms with Crippen molar-refractivity contribution < 1.29 is 19.0 Å². The zero-order chi connectivity index (χ0) is 25.8. The van der Waals surface area contributed by atoms with Gasteiger partial charge in [0.05, 0.1) is 19.8 Å². The molecule has 3 aromatic rings. The van der Waals surface area contributed by atoms with Crippen LogP contribution < -0.4 is 14.8 Å². The van der Waals surface area contributed by atoms with Gasteiger partial charge in [-0.15, -0.1) is 5.10 Å². The first-order valence-electron chi connectivity index (χ1n) is 12.6. The minimum atomic E-state index is -0.563. The Hall–Kier alpha value is -3.46. The van der Waals surface area contributed by atoms with Crippen LogP contribution in [0, 0.1) is 0 Å². The zero-order valence-electron chi connectivity index (χ0n) is 21.4. The standard InChI is InChI=1S/C28H32N4O4S/c1-18-24(26(33)36-20-12-8-5-9-13-20)25(22-15-14-21(34-2)16-23(22)35-3)32-27(29-18)30-28(31-32)37-17-19-10-6-4-7-11-19/h4,6-7,10-11,14-16,20,25H,5,8-9,12-13,17H2,1-3H3,(H,29,30,31). The van der Waals surface area contributed by atoms with Crippen molar-refractivity contribution in [1.29, 1.82) is 0 Å². The summed E-state index contributed by atoms with van der Waals surface area (Å²) in [6, 6.07) is 15.2. The number of ether oxygens (including phenoxy) is 3. The van der Waals surface area contributed by atoms with Crippen molar-refractivity contribution >= 4 is 23.7 Å². The normalized spacial score (nSPS) is 17.6. The SMILES string of the molecule is COc1ccc(C2C(C(=O)OC3CCCCC3)=C(C)Nc3nc(SCc4ccccc4)nn32)c(OC)c1. The molecule has 1 aliphatic carbocycles. The number of anilines is 1. The fourth-order valence-electron chi connectivity index (χ4n) is 4.91. The lowest BCUT2D eigenvalue weighted by Gasteiger charge is -2.30. The lowest BCUT2D eigenvalue weighted by atomic mass is 9.94. The molecule has 8 nitrogen and oxygen atoms in total. The van der Waals surface area contributed by atoms with Gasteiger partial charge in [0.2, 0.25) is 11.1 Å². The summed E-state index contributed by atoms with van der Waals surface area (Å²) in [7, 11) is 3.22. The molecule has 0 bridgehead atoms. The second-order valence-electron chi connectivity index (χ2n) is 9.28. The third kappa shape index (κ3) is 5.46. The Labute approximate surface area is 221 Å². The van der Waals surface area contributed by atoms with Gasteiger partial charge in [-0.3, -0.25) is 0 Å². The van der Waals surface area contributed by atoms with Crippen LogP contribution in [0.15, 0.2) is 65.0 Å². The summed E-state index contributed by atoms with van der Waals surface area (Å²) in [4.78, 5) is 18.4. The molecule has 1 aromatic heterocycles. The molecule has 2 heterocycles. The molecule has 0 spiro atoms. The van der Waals surface area contributed by atoms with Crippen LogP contribution in [0.25, 0.3) is 0 Å². The number of fused-ring (bicyclic) bond motifs is 1. The summed E-state index contributed by atoms with van der Waals surface area (Å²) in [6.45, 7) is 1.88. The predicted octanol–water partition coefficient (Wildman–Crippen LogP) is 5.75. The van der Waals surface area contributed by atoms with E-state index in [1.54, 1.807) is 30.7 Å². The van der Waals surface area contributed by atoms with E-state index in [0.29, 0.717) is 33.9 Å². The summed E-state index contributed by atoms with van der Waals surface area (Å²) < 4.78 is 18.9. The molecule has 1 aliphatic heterocycles. The van der Waals surface area contributed by atoms with Crippen molar-refractivity contribution in [1.82, 2.24) is 14.8 Å². The van der Waals surface area contributed by atoms with E-state index < -0.39 is 6.04 Å². The second kappa shape index (κ2) is 11.3. The molecular weight excluding hydrogens is 488 g/mol. The highest BCUT2D eigenvalue weighted by molar-refractivity contribution is 7.98. The van der Waals surface area contributed by atoms with Gasteiger partial charge >= 0.3 is 5.97 Å². The van der Waals surface area contributed by atoms with Crippen molar-refractivity contribution in [3.8, 4) is 11.5 Å². The minimum absolute atomic E-state index is 0.0610. The average molecular weight is 521 g/mol. The first-order chi connectivity index (χ1) is 18.1. The fraction of sp³-hybridized carbons (Fsp3) is 0.393. The molecule has 0 amide bonds. The lowest BCUT2D eigenvalue weighted by molar-refractivity contribution is -0.146. The number of benzene rings is 2. The Morgan fingerprint density at radius 3 is 2.59 bits per heavy atom. The van der Waals surface area contributed by atoms with E-state index in [9.17, 15) is 4.79 Å². The Morgan fingerprint density at radius 2 is 1.86 bits per heavy atom. The first kappa shape index (κ1) is 25.2. The summed E-state index contributed by atoms with van der Waals surface area (Å²) in [5.74, 6) is 2.25. The van der Waals surface area contributed by atoms with E-state index >= 15 is 0 Å². The molecule has 0 saturated heterocycles. The molecule has 1 unspecified atom stereocenters. The van der Waals surface area contributed by atoms with Gasteiger partial charge in [-0.2, -0.15) is 4.98 Å². The van der Waals surface area contributed by atoms with Crippen molar-refractivity contribution in [2.45, 2.75) is 62.1 Å². The number of methoxy groups -OCH3 is 2. The maximum atomic E-state index is 13.7. The van der Waals surface area contributed by atoms with Crippen LogP contribution >= 0.6 is 11.8 Å². The van der Waals surface area contributed by atoms with Crippen molar-refractivity contribution in [3.05, 3.63) is 70.9 Å². The molecule has 1 fully saturated rings. The molecular formula is C28H32N4O4S. The van der Waals surface area contributed by atoms with Crippen LogP contribution in [-0.2, 0) is 15.3 Å². The number of hydrogen-bond donors (Lipinski definition) is 1. The molecule has 0 radical (unpaired) electrons. The van der Waals surface area contributed by atoms with E-state index in [1.165, 1.54) is 12.0 Å². The fourth-order valence-corrected chi connectivity index (χ4v) is 5.69. The van der Waals surface area contributed by atoms with E-state index in [2.05, 4.69) is 17.4 Å². The van der Waals surface area contributed by atoms with Crippen LogP contribution in [0.3, 0.4) is 0 Å². The van der Waals surface area contributed by atoms with Crippen LogP contribution in [0.5, 0.6) is 11.5 Å². The van der Waals surface area contributed by atoms with Gasteiger partial charge in [0.1, 0.15) is 23.6 Å². The van der Waals surface area contributed by atoms with E-state index in [0.717, 1.165) is 37.0 Å². The van der Waals surface area contributed by atoms with Crippen LogP contribution in [0.4, 0.5) is 5.95 Å². The minimum Gasteiger partial charge on any atom is -0.497 e. The van der Waals surface area contributed by atoms with E-state index in [-0.39, 0.29) is 12.1 Å². The third-order valence-corrected chi connectivity index (χ3v) is 7.73. The van der Waals surface area contributed by atoms with Crippen LogP contribution in [-0.4, -0.2) is 41.1 Å². The number of esters is 1. The Morgan fingerprint density at radius 1 is 1.08 bits per heavy atom. The first-order valence-corrected chi connectivity index (χ1v) is 13.6. The number of rotatable bonds is 8. The molecule has 37 heavy (non-hydrogen) atoms. The average Bonchev–Trinajstić information content (AvgIpc) is 3.34. The van der Waals surface area contributed by atoms with Gasteiger partial charge in [0.15, 0.2) is 0 Å². The number of aromatic nitrogens is 3. The van der Waals surface area contributed by atoms with Gasteiger partial charge in [0.25, 0.3) is 0 Å². The third-order valence-electron chi connectivity index (χ3n) is 6.82. The Balaban J connectivity index is 1.51. The van der Waals surface area contributed by atoms with Crippen LogP contribution in [0.2, 0.25) is 0 Å². The smallest absolute Gasteiger partial charge is 0.338 e. The molecule has 194 valence electrons. The molecule has 1 N–H and O–H groups in total. The molecule has 9 heteroatoms. The number of thioether (sulfide) groups is 1. The number of allylic oxidation sites excluding steroid dienone is 1. The number of nitrogens with zero attached hydrogens (tertiary/aromatic N) is 3. The van der Waals surface area contributed by atoms with Gasteiger partial charge in [-0.25, -0.2) is 9.48 Å². The van der Waals surface area contributed by atoms with Crippen LogP contribution in [0.1, 0.15) is 56.2 Å². The van der Waals surface area contributed by atoms with Gasteiger partial charge in [0, 0.05) is 23.1 Å². The highest BCUT2D eigenvalue weighted by Crippen LogP contribution is 2.42. The second-order valence-corrected chi connectivity index (χ2v) is 10.2. The van der Waals surface area contributed by atoms with Gasteiger partial charge < -0.3 is 19.5 Å². The van der Waals surface area contributed by atoms with Gasteiger partial charge in [-0.05, 0) is 50.3 Å². The highest BCUT2D eigenvalue weighted by atomic mass is 32.2. The largest absolute Gasteiger partial charge is 0.497 e. The topological polar surface area (TPSA) is 87.5 Å². The molecule has 1 saturated carbocycles. The lowest BCUT2D eigenvalue weighted by Crippen LogP contribution is -2.32. The molecule has 2 aromatic carbocycles. The van der Waals surface area contributed by atoms with Crippen molar-refractivity contribution in [2.24, 2.45) is 0 Å². The van der Waals surface area contributed by atoms with Crippen molar-refractivity contribution in [3.63, 3.8) is 0 Å². The predicted molar refractivity (Wildman–Crippen MR) is 143 cm³/mol. The maximum absolute atomic E-state index is 13.7. The number of nitrogens with one attached hydrogen (secondary N) is 1. The maximum Gasteiger partial charge on any atom is 0.338 e. The number of hydrogen-bond acceptors (Lipinski definition) is 8. The quantitative estimate of drug-likeness (QED) is 0.297.